The fourth-order valence-corrected chi connectivity index (χ4v) is 2.57. The summed E-state index contributed by atoms with van der Waals surface area (Å²) in [4.78, 5) is 21.1. The van der Waals surface area contributed by atoms with Crippen LogP contribution >= 0.6 is 0 Å². The topological polar surface area (TPSA) is 72.7 Å². The van der Waals surface area contributed by atoms with Crippen molar-refractivity contribution in [1.29, 1.82) is 0 Å². The smallest absolute Gasteiger partial charge is 0.270 e. The van der Waals surface area contributed by atoms with Gasteiger partial charge in [-0.15, -0.1) is 0 Å². The summed E-state index contributed by atoms with van der Waals surface area (Å²) in [7, 11) is 0. The first-order valence-electron chi connectivity index (χ1n) is 7.88. The molecule has 0 saturated heterocycles. The summed E-state index contributed by atoms with van der Waals surface area (Å²) in [6.45, 7) is 0.393. The first-order chi connectivity index (χ1) is 12.3. The standard InChI is InChI=1S/C19H15N5O/c25-19(17-7-6-15-4-1-2-5-16(15)23-17)21-13-14-8-10-20-18(12-14)24-11-3-9-22-24/h1-12H,13H2,(H,21,25). The molecule has 0 aliphatic heterocycles. The van der Waals surface area contributed by atoms with Gasteiger partial charge in [0.2, 0.25) is 0 Å². The number of carbonyl (C=O) groups is 1. The number of carbonyl (C=O) groups excluding carboxylic acids is 1. The van der Waals surface area contributed by atoms with Gasteiger partial charge >= 0.3 is 0 Å². The van der Waals surface area contributed by atoms with E-state index in [9.17, 15) is 4.79 Å². The lowest BCUT2D eigenvalue weighted by atomic mass is 10.2. The Morgan fingerprint density at radius 2 is 1.96 bits per heavy atom. The molecule has 0 radical (unpaired) electrons. The molecule has 0 saturated carbocycles. The minimum absolute atomic E-state index is 0.205. The number of aromatic nitrogens is 4. The van der Waals surface area contributed by atoms with E-state index in [4.69, 9.17) is 0 Å². The van der Waals surface area contributed by atoms with Crippen LogP contribution in [0.3, 0.4) is 0 Å². The first-order valence-corrected chi connectivity index (χ1v) is 7.88. The highest BCUT2D eigenvalue weighted by molar-refractivity contribution is 5.94. The fourth-order valence-electron chi connectivity index (χ4n) is 2.57. The zero-order valence-corrected chi connectivity index (χ0v) is 13.3. The number of hydrogen-bond acceptors (Lipinski definition) is 4. The molecule has 0 spiro atoms. The van der Waals surface area contributed by atoms with Crippen molar-refractivity contribution in [3.8, 4) is 5.82 Å². The number of para-hydroxylation sites is 1. The predicted octanol–water partition coefficient (Wildman–Crippen LogP) is 2.75. The maximum atomic E-state index is 12.4. The van der Waals surface area contributed by atoms with E-state index >= 15 is 0 Å². The van der Waals surface area contributed by atoms with E-state index in [2.05, 4.69) is 20.4 Å². The SMILES string of the molecule is O=C(NCc1ccnc(-n2cccn2)c1)c1ccc2ccccc2n1. The number of rotatable bonds is 4. The third-order valence-corrected chi connectivity index (χ3v) is 3.83. The van der Waals surface area contributed by atoms with Gasteiger partial charge in [-0.1, -0.05) is 24.3 Å². The Kier molecular flexibility index (Phi) is 3.92. The molecule has 3 aromatic heterocycles. The summed E-state index contributed by atoms with van der Waals surface area (Å²) < 4.78 is 1.68. The van der Waals surface area contributed by atoms with Crippen molar-refractivity contribution >= 4 is 16.8 Å². The van der Waals surface area contributed by atoms with Crippen LogP contribution in [0.1, 0.15) is 16.1 Å². The van der Waals surface area contributed by atoms with Crippen molar-refractivity contribution in [2.75, 3.05) is 0 Å². The molecule has 6 heteroatoms. The average molecular weight is 329 g/mol. The Bertz CT molecular complexity index is 1030. The number of hydrogen-bond donors (Lipinski definition) is 1. The van der Waals surface area contributed by atoms with Crippen LogP contribution in [0.15, 0.2) is 73.2 Å². The quantitative estimate of drug-likeness (QED) is 0.625. The molecule has 122 valence electrons. The van der Waals surface area contributed by atoms with Crippen LogP contribution < -0.4 is 5.32 Å². The van der Waals surface area contributed by atoms with Crippen molar-refractivity contribution in [2.45, 2.75) is 6.54 Å². The molecule has 6 nitrogen and oxygen atoms in total. The number of pyridine rings is 2. The van der Waals surface area contributed by atoms with Gasteiger partial charge in [-0.25, -0.2) is 14.6 Å². The van der Waals surface area contributed by atoms with Gasteiger partial charge in [0.05, 0.1) is 5.52 Å². The molecule has 3 heterocycles. The molecule has 0 fully saturated rings. The first kappa shape index (κ1) is 15.0. The Morgan fingerprint density at radius 3 is 2.84 bits per heavy atom. The van der Waals surface area contributed by atoms with E-state index in [1.165, 1.54) is 0 Å². The lowest BCUT2D eigenvalue weighted by molar-refractivity contribution is 0.0946. The van der Waals surface area contributed by atoms with Crippen LogP contribution in [-0.2, 0) is 6.54 Å². The van der Waals surface area contributed by atoms with Crippen molar-refractivity contribution in [3.63, 3.8) is 0 Å². The van der Waals surface area contributed by atoms with E-state index in [1.54, 1.807) is 23.1 Å². The van der Waals surface area contributed by atoms with Gasteiger partial charge in [0.1, 0.15) is 5.69 Å². The Balaban J connectivity index is 1.48. The number of amides is 1. The van der Waals surface area contributed by atoms with E-state index in [0.717, 1.165) is 16.5 Å². The van der Waals surface area contributed by atoms with Crippen LogP contribution in [0, 0.1) is 0 Å². The summed E-state index contributed by atoms with van der Waals surface area (Å²) in [6.07, 6.45) is 5.22. The van der Waals surface area contributed by atoms with Crippen LogP contribution in [0.25, 0.3) is 16.7 Å². The molecule has 1 aromatic carbocycles. The molecule has 0 bridgehead atoms. The van der Waals surface area contributed by atoms with Crippen molar-refractivity contribution in [2.24, 2.45) is 0 Å². The number of nitrogens with zero attached hydrogens (tertiary/aromatic N) is 4. The largest absolute Gasteiger partial charge is 0.347 e. The molecule has 1 amide bonds. The molecule has 0 atom stereocenters. The van der Waals surface area contributed by atoms with E-state index < -0.39 is 0 Å². The highest BCUT2D eigenvalue weighted by Crippen LogP contribution is 2.12. The second-order valence-electron chi connectivity index (χ2n) is 5.54. The third-order valence-electron chi connectivity index (χ3n) is 3.83. The summed E-state index contributed by atoms with van der Waals surface area (Å²) in [5.41, 5.74) is 2.15. The van der Waals surface area contributed by atoms with E-state index in [0.29, 0.717) is 18.1 Å². The zero-order chi connectivity index (χ0) is 17.1. The lowest BCUT2D eigenvalue weighted by Crippen LogP contribution is -2.23. The van der Waals surface area contributed by atoms with Crippen LogP contribution in [0.4, 0.5) is 0 Å². The molecule has 4 aromatic rings. The maximum absolute atomic E-state index is 12.4. The number of fused-ring (bicyclic) bond motifs is 1. The van der Waals surface area contributed by atoms with Gasteiger partial charge in [-0.05, 0) is 35.9 Å². The molecular weight excluding hydrogens is 314 g/mol. The summed E-state index contributed by atoms with van der Waals surface area (Å²) in [5.74, 6) is 0.504. The third kappa shape index (κ3) is 3.23. The summed E-state index contributed by atoms with van der Waals surface area (Å²) >= 11 is 0. The number of benzene rings is 1. The Hall–Kier alpha value is -3.54. The molecule has 4 rings (SSSR count). The highest BCUT2D eigenvalue weighted by atomic mass is 16.1. The van der Waals surface area contributed by atoms with E-state index in [-0.39, 0.29) is 5.91 Å². The van der Waals surface area contributed by atoms with Gasteiger partial charge in [0.25, 0.3) is 5.91 Å². The summed E-state index contributed by atoms with van der Waals surface area (Å²) in [6, 6.07) is 16.9. The van der Waals surface area contributed by atoms with Crippen molar-refractivity contribution < 1.29 is 4.79 Å². The molecule has 0 aliphatic rings. The monoisotopic (exact) mass is 329 g/mol. The van der Waals surface area contributed by atoms with Gasteiger partial charge in [-0.2, -0.15) is 5.10 Å². The van der Waals surface area contributed by atoms with Crippen molar-refractivity contribution in [3.05, 3.63) is 84.4 Å². The van der Waals surface area contributed by atoms with Gasteiger partial charge in [0, 0.05) is 30.5 Å². The maximum Gasteiger partial charge on any atom is 0.270 e. The van der Waals surface area contributed by atoms with Gasteiger partial charge < -0.3 is 5.32 Å². The second-order valence-corrected chi connectivity index (χ2v) is 5.54. The second kappa shape index (κ2) is 6.52. The molecule has 0 aliphatic carbocycles. The Labute approximate surface area is 144 Å². The van der Waals surface area contributed by atoms with Crippen LogP contribution in [0.5, 0.6) is 0 Å². The molecular formula is C19H15N5O. The average Bonchev–Trinajstić information content (AvgIpc) is 3.21. The zero-order valence-electron chi connectivity index (χ0n) is 13.3. The van der Waals surface area contributed by atoms with E-state index in [1.807, 2.05) is 54.7 Å². The predicted molar refractivity (Wildman–Crippen MR) is 94.3 cm³/mol. The molecule has 1 N–H and O–H groups in total. The number of nitrogens with one attached hydrogen (secondary N) is 1. The minimum atomic E-state index is -0.205. The highest BCUT2D eigenvalue weighted by Gasteiger charge is 2.08. The van der Waals surface area contributed by atoms with Gasteiger partial charge in [0.15, 0.2) is 5.82 Å². The van der Waals surface area contributed by atoms with Crippen LogP contribution in [-0.4, -0.2) is 25.7 Å². The lowest BCUT2D eigenvalue weighted by Gasteiger charge is -2.07. The fraction of sp³-hybridized carbons (Fsp3) is 0.0526. The molecule has 0 unspecified atom stereocenters. The van der Waals surface area contributed by atoms with Crippen LogP contribution in [0.2, 0.25) is 0 Å². The van der Waals surface area contributed by atoms with Crippen molar-refractivity contribution in [1.82, 2.24) is 25.1 Å². The minimum Gasteiger partial charge on any atom is -0.347 e. The normalized spacial score (nSPS) is 10.7. The Morgan fingerprint density at radius 1 is 1.04 bits per heavy atom. The summed E-state index contributed by atoms with van der Waals surface area (Å²) in [5, 5.41) is 8.06. The van der Waals surface area contributed by atoms with Gasteiger partial charge in [-0.3, -0.25) is 4.79 Å². The molecule has 25 heavy (non-hydrogen) atoms.